The summed E-state index contributed by atoms with van der Waals surface area (Å²) in [7, 11) is 0. The maximum Gasteiger partial charge on any atom is 0.0638 e. The van der Waals surface area contributed by atoms with Gasteiger partial charge in [-0.15, -0.1) is 0 Å². The van der Waals surface area contributed by atoms with Crippen LogP contribution in [0.15, 0.2) is 10.3 Å². The number of nitrogens with zero attached hydrogens (tertiary/aromatic N) is 2. The van der Waals surface area contributed by atoms with Gasteiger partial charge in [-0.1, -0.05) is 10.3 Å². The van der Waals surface area contributed by atoms with E-state index in [1.807, 2.05) is 13.8 Å². The molecule has 0 saturated carbocycles. The van der Waals surface area contributed by atoms with Crippen molar-refractivity contribution in [1.82, 2.24) is 0 Å². The van der Waals surface area contributed by atoms with Crippen molar-refractivity contribution in [3.05, 3.63) is 0 Å². The van der Waals surface area contributed by atoms with E-state index < -0.39 is 0 Å². The Hall–Kier alpha value is -0.360. The van der Waals surface area contributed by atoms with Gasteiger partial charge in [-0.05, 0) is 31.8 Å². The lowest BCUT2D eigenvalue weighted by Gasteiger charge is -2.01. The molecule has 0 saturated heterocycles. The van der Waals surface area contributed by atoms with E-state index in [1.54, 1.807) is 23.5 Å². The van der Waals surface area contributed by atoms with E-state index in [2.05, 4.69) is 10.3 Å². The molecule has 6 heteroatoms. The minimum Gasteiger partial charge on any atom is -0.411 e. The quantitative estimate of drug-likeness (QED) is 0.301. The topological polar surface area (TPSA) is 65.2 Å². The molecule has 0 aliphatic heterocycles. The number of rotatable bonds is 8. The zero-order valence-corrected chi connectivity index (χ0v) is 10.8. The molecule has 0 aliphatic rings. The maximum atomic E-state index is 8.40. The Morgan fingerprint density at radius 1 is 0.933 bits per heavy atom. The van der Waals surface area contributed by atoms with Gasteiger partial charge in [0, 0.05) is 11.5 Å². The van der Waals surface area contributed by atoms with Crippen molar-refractivity contribution in [3.8, 4) is 0 Å². The first-order chi connectivity index (χ1) is 7.20. The first kappa shape index (κ1) is 14.6. The average Bonchev–Trinajstić information content (AvgIpc) is 2.26. The van der Waals surface area contributed by atoms with E-state index in [0.717, 1.165) is 40.9 Å². The van der Waals surface area contributed by atoms with Gasteiger partial charge in [0.05, 0.1) is 11.4 Å². The molecule has 0 bridgehead atoms. The third-order valence-electron chi connectivity index (χ3n) is 1.54. The molecule has 0 unspecified atom stereocenters. The Kier molecular flexibility index (Phi) is 9.92. The zero-order chi connectivity index (χ0) is 11.5. The molecule has 0 aromatic carbocycles. The highest BCUT2D eigenvalue weighted by Gasteiger charge is 1.95. The van der Waals surface area contributed by atoms with Crippen molar-refractivity contribution in [3.63, 3.8) is 0 Å². The van der Waals surface area contributed by atoms with Crippen molar-refractivity contribution in [2.75, 3.05) is 23.0 Å². The highest BCUT2D eigenvalue weighted by molar-refractivity contribution is 8.00. The first-order valence-corrected chi connectivity index (χ1v) is 7.02. The lowest BCUT2D eigenvalue weighted by molar-refractivity contribution is 0.318. The van der Waals surface area contributed by atoms with Gasteiger partial charge in [0.15, 0.2) is 0 Å². The standard InChI is InChI=1S/C9H18N2O2S2/c1-8(10-12)6-14-4-3-5-15-7-9(2)11-13/h12-13H,3-7H2,1-2H3/b10-8+,11-9+. The minimum atomic E-state index is 0.760. The summed E-state index contributed by atoms with van der Waals surface area (Å²) >= 11 is 3.53. The number of hydrogen-bond donors (Lipinski definition) is 2. The first-order valence-electron chi connectivity index (χ1n) is 4.71. The molecule has 15 heavy (non-hydrogen) atoms. The summed E-state index contributed by atoms with van der Waals surface area (Å²) in [6.07, 6.45) is 1.12. The largest absolute Gasteiger partial charge is 0.411 e. The van der Waals surface area contributed by atoms with Gasteiger partial charge in [-0.2, -0.15) is 23.5 Å². The summed E-state index contributed by atoms with van der Waals surface area (Å²) in [5.41, 5.74) is 1.52. The van der Waals surface area contributed by atoms with Gasteiger partial charge in [-0.25, -0.2) is 0 Å². The molecule has 0 fully saturated rings. The van der Waals surface area contributed by atoms with Crippen LogP contribution >= 0.6 is 23.5 Å². The van der Waals surface area contributed by atoms with Gasteiger partial charge in [0.25, 0.3) is 0 Å². The van der Waals surface area contributed by atoms with Crippen LogP contribution in [-0.2, 0) is 0 Å². The second kappa shape index (κ2) is 10.2. The van der Waals surface area contributed by atoms with Crippen LogP contribution in [0.5, 0.6) is 0 Å². The maximum absolute atomic E-state index is 8.40. The summed E-state index contributed by atoms with van der Waals surface area (Å²) in [6.45, 7) is 3.62. The molecule has 2 N–H and O–H groups in total. The fourth-order valence-electron chi connectivity index (χ4n) is 0.761. The van der Waals surface area contributed by atoms with Gasteiger partial charge in [-0.3, -0.25) is 0 Å². The van der Waals surface area contributed by atoms with Gasteiger partial charge in [0.2, 0.25) is 0 Å². The van der Waals surface area contributed by atoms with Crippen LogP contribution in [0.2, 0.25) is 0 Å². The van der Waals surface area contributed by atoms with Crippen molar-refractivity contribution in [1.29, 1.82) is 0 Å². The van der Waals surface area contributed by atoms with Crippen molar-refractivity contribution in [2.24, 2.45) is 10.3 Å². The Bertz CT molecular complexity index is 198. The normalized spacial score (nSPS) is 13.2. The molecule has 0 aromatic heterocycles. The molecule has 0 radical (unpaired) electrons. The Morgan fingerprint density at radius 2 is 1.33 bits per heavy atom. The Labute approximate surface area is 99.2 Å². The number of hydrogen-bond acceptors (Lipinski definition) is 6. The minimum absolute atomic E-state index is 0.760. The highest BCUT2D eigenvalue weighted by Crippen LogP contribution is 2.08. The van der Waals surface area contributed by atoms with Crippen LogP contribution in [0.25, 0.3) is 0 Å². The van der Waals surface area contributed by atoms with E-state index in [1.165, 1.54) is 0 Å². The third kappa shape index (κ3) is 9.93. The van der Waals surface area contributed by atoms with Gasteiger partial charge >= 0.3 is 0 Å². The van der Waals surface area contributed by atoms with E-state index in [-0.39, 0.29) is 0 Å². The Morgan fingerprint density at radius 3 is 1.67 bits per heavy atom. The zero-order valence-electron chi connectivity index (χ0n) is 9.14. The molecule has 0 aromatic rings. The van der Waals surface area contributed by atoms with Gasteiger partial charge < -0.3 is 10.4 Å². The van der Waals surface area contributed by atoms with Crippen LogP contribution in [-0.4, -0.2) is 44.8 Å². The molecular weight excluding hydrogens is 232 g/mol. The molecular formula is C9H18N2O2S2. The van der Waals surface area contributed by atoms with Crippen LogP contribution in [0, 0.1) is 0 Å². The smallest absolute Gasteiger partial charge is 0.0638 e. The molecule has 88 valence electrons. The van der Waals surface area contributed by atoms with E-state index in [4.69, 9.17) is 10.4 Å². The molecule has 0 spiro atoms. The summed E-state index contributed by atoms with van der Waals surface area (Å²) < 4.78 is 0. The fourth-order valence-corrected chi connectivity index (χ4v) is 2.64. The van der Waals surface area contributed by atoms with Crippen LogP contribution in [0.1, 0.15) is 20.3 Å². The summed E-state index contributed by atoms with van der Waals surface area (Å²) in [5, 5.41) is 23.0. The molecule has 0 aliphatic carbocycles. The highest BCUT2D eigenvalue weighted by atomic mass is 32.2. The predicted octanol–water partition coefficient (Wildman–Crippen LogP) is 2.54. The predicted molar refractivity (Wildman–Crippen MR) is 69.1 cm³/mol. The second-order valence-corrected chi connectivity index (χ2v) is 5.34. The lowest BCUT2D eigenvalue weighted by Crippen LogP contribution is -1.98. The van der Waals surface area contributed by atoms with Crippen molar-refractivity contribution in [2.45, 2.75) is 20.3 Å². The molecule has 4 nitrogen and oxygen atoms in total. The fraction of sp³-hybridized carbons (Fsp3) is 0.778. The summed E-state index contributed by atoms with van der Waals surface area (Å²) in [6, 6.07) is 0. The second-order valence-electron chi connectivity index (χ2n) is 3.13. The molecule has 0 amide bonds. The lowest BCUT2D eigenvalue weighted by atomic mass is 10.5. The average molecular weight is 250 g/mol. The van der Waals surface area contributed by atoms with Crippen molar-refractivity contribution >= 4 is 34.9 Å². The third-order valence-corrected chi connectivity index (χ3v) is 3.94. The van der Waals surface area contributed by atoms with Crippen LogP contribution < -0.4 is 0 Å². The van der Waals surface area contributed by atoms with E-state index in [9.17, 15) is 0 Å². The van der Waals surface area contributed by atoms with Crippen LogP contribution in [0.4, 0.5) is 0 Å². The Balaban J connectivity index is 3.19. The van der Waals surface area contributed by atoms with E-state index in [0.29, 0.717) is 0 Å². The van der Waals surface area contributed by atoms with Crippen molar-refractivity contribution < 1.29 is 10.4 Å². The summed E-state index contributed by atoms with van der Waals surface area (Å²) in [4.78, 5) is 0. The molecule has 0 atom stereocenters. The number of thioether (sulfide) groups is 2. The van der Waals surface area contributed by atoms with E-state index >= 15 is 0 Å². The van der Waals surface area contributed by atoms with Crippen LogP contribution in [0.3, 0.4) is 0 Å². The molecule has 0 heterocycles. The molecule has 0 rings (SSSR count). The number of oxime groups is 2. The summed E-state index contributed by atoms with van der Waals surface area (Å²) in [5.74, 6) is 3.71. The SMILES string of the molecule is C/C(CSCCCSC/C(C)=N/O)=N\O. The van der Waals surface area contributed by atoms with Gasteiger partial charge in [0.1, 0.15) is 0 Å². The monoisotopic (exact) mass is 250 g/mol.